The molecule has 1 aliphatic rings. The van der Waals surface area contributed by atoms with Crippen LogP contribution in [0.5, 0.6) is 11.5 Å². The molecular weight excluding hydrogens is 240 g/mol. The van der Waals surface area contributed by atoms with Gasteiger partial charge in [0.25, 0.3) is 0 Å². The second kappa shape index (κ2) is 6.26. The number of nitrogens with zero attached hydrogens (tertiary/aromatic N) is 1. The van der Waals surface area contributed by atoms with Gasteiger partial charge >= 0.3 is 0 Å². The van der Waals surface area contributed by atoms with E-state index in [0.29, 0.717) is 17.4 Å². The smallest absolute Gasteiger partial charge is 0.124 e. The first-order valence-electron chi connectivity index (χ1n) is 6.89. The molecule has 1 saturated heterocycles. The lowest BCUT2D eigenvalue weighted by Gasteiger charge is -2.19. The van der Waals surface area contributed by atoms with Gasteiger partial charge in [-0.25, -0.2) is 0 Å². The molecular formula is C15H24N2O2. The molecule has 0 amide bonds. The average molecular weight is 264 g/mol. The molecule has 1 aliphatic heterocycles. The highest BCUT2D eigenvalue weighted by Crippen LogP contribution is 2.28. The van der Waals surface area contributed by atoms with E-state index in [9.17, 15) is 5.11 Å². The van der Waals surface area contributed by atoms with Crippen molar-refractivity contribution < 1.29 is 9.84 Å². The Balaban J connectivity index is 1.90. The molecule has 0 aromatic heterocycles. The highest BCUT2D eigenvalue weighted by molar-refractivity contribution is 5.41. The summed E-state index contributed by atoms with van der Waals surface area (Å²) in [5.41, 5.74) is 0.923. The van der Waals surface area contributed by atoms with E-state index in [1.165, 1.54) is 13.0 Å². The fourth-order valence-corrected chi connectivity index (χ4v) is 2.66. The van der Waals surface area contributed by atoms with Crippen molar-refractivity contribution >= 4 is 0 Å². The van der Waals surface area contributed by atoms with Gasteiger partial charge in [-0.3, -0.25) is 0 Å². The van der Waals surface area contributed by atoms with Crippen LogP contribution in [0.15, 0.2) is 18.2 Å². The first-order chi connectivity index (χ1) is 9.10. The standard InChI is InChI=1S/C15H24N2O2/c1-11(16-9-12-6-7-17(2)10-12)14-5-4-13(19-3)8-15(14)18/h4-5,8,11-12,16,18H,6-7,9-10H2,1-3H3. The molecule has 0 spiro atoms. The highest BCUT2D eigenvalue weighted by atomic mass is 16.5. The van der Waals surface area contributed by atoms with E-state index < -0.39 is 0 Å². The number of phenols is 1. The Bertz CT molecular complexity index is 423. The molecule has 2 atom stereocenters. The van der Waals surface area contributed by atoms with Crippen LogP contribution in [0.4, 0.5) is 0 Å². The lowest BCUT2D eigenvalue weighted by Crippen LogP contribution is -2.27. The number of rotatable bonds is 5. The molecule has 0 saturated carbocycles. The summed E-state index contributed by atoms with van der Waals surface area (Å²) in [5, 5.41) is 13.5. The molecule has 4 nitrogen and oxygen atoms in total. The molecule has 19 heavy (non-hydrogen) atoms. The van der Waals surface area contributed by atoms with Crippen LogP contribution in [0.1, 0.15) is 24.9 Å². The molecule has 106 valence electrons. The van der Waals surface area contributed by atoms with Crippen molar-refractivity contribution in [2.75, 3.05) is 33.8 Å². The normalized spacial score (nSPS) is 21.5. The van der Waals surface area contributed by atoms with Gasteiger partial charge in [0, 0.05) is 24.2 Å². The number of nitrogens with one attached hydrogen (secondary N) is 1. The molecule has 4 heteroatoms. The van der Waals surface area contributed by atoms with Crippen molar-refractivity contribution in [2.45, 2.75) is 19.4 Å². The van der Waals surface area contributed by atoms with Crippen LogP contribution in [-0.4, -0.2) is 43.8 Å². The van der Waals surface area contributed by atoms with E-state index in [1.54, 1.807) is 13.2 Å². The minimum absolute atomic E-state index is 0.150. The third kappa shape index (κ3) is 3.61. The van der Waals surface area contributed by atoms with Gasteiger partial charge in [0.1, 0.15) is 11.5 Å². The first-order valence-corrected chi connectivity index (χ1v) is 6.89. The maximum absolute atomic E-state index is 10.00. The van der Waals surface area contributed by atoms with Gasteiger partial charge in [0.05, 0.1) is 7.11 Å². The average Bonchev–Trinajstić information content (AvgIpc) is 2.81. The number of benzene rings is 1. The lowest BCUT2D eigenvalue weighted by molar-refractivity contribution is 0.378. The van der Waals surface area contributed by atoms with E-state index in [4.69, 9.17) is 4.74 Å². The summed E-state index contributed by atoms with van der Waals surface area (Å²) in [7, 11) is 3.77. The summed E-state index contributed by atoms with van der Waals surface area (Å²) in [6.45, 7) is 5.43. The van der Waals surface area contributed by atoms with E-state index in [2.05, 4.69) is 24.2 Å². The summed E-state index contributed by atoms with van der Waals surface area (Å²) in [5.74, 6) is 1.70. The molecule has 1 aromatic rings. The van der Waals surface area contributed by atoms with Crippen LogP contribution in [0.25, 0.3) is 0 Å². The van der Waals surface area contributed by atoms with Crippen LogP contribution in [-0.2, 0) is 0 Å². The molecule has 2 unspecified atom stereocenters. The summed E-state index contributed by atoms with van der Waals surface area (Å²) >= 11 is 0. The third-order valence-corrected chi connectivity index (χ3v) is 3.91. The molecule has 1 fully saturated rings. The van der Waals surface area contributed by atoms with Crippen molar-refractivity contribution in [1.82, 2.24) is 10.2 Å². The van der Waals surface area contributed by atoms with E-state index >= 15 is 0 Å². The third-order valence-electron chi connectivity index (χ3n) is 3.91. The first kappa shape index (κ1) is 14.2. The van der Waals surface area contributed by atoms with Crippen molar-refractivity contribution in [3.8, 4) is 11.5 Å². The van der Waals surface area contributed by atoms with Gasteiger partial charge in [0.2, 0.25) is 0 Å². The molecule has 0 radical (unpaired) electrons. The van der Waals surface area contributed by atoms with E-state index in [0.717, 1.165) is 18.7 Å². The number of ether oxygens (including phenoxy) is 1. The van der Waals surface area contributed by atoms with Gasteiger partial charge in [-0.15, -0.1) is 0 Å². The minimum atomic E-state index is 0.150. The number of phenolic OH excluding ortho intramolecular Hbond substituents is 1. The molecule has 0 bridgehead atoms. The van der Waals surface area contributed by atoms with Crippen LogP contribution >= 0.6 is 0 Å². The van der Waals surface area contributed by atoms with Crippen LogP contribution in [0.2, 0.25) is 0 Å². The van der Waals surface area contributed by atoms with Crippen molar-refractivity contribution in [3.05, 3.63) is 23.8 Å². The van der Waals surface area contributed by atoms with Gasteiger partial charge in [0.15, 0.2) is 0 Å². The van der Waals surface area contributed by atoms with Gasteiger partial charge in [-0.2, -0.15) is 0 Å². The number of hydrogen-bond acceptors (Lipinski definition) is 4. The zero-order valence-electron chi connectivity index (χ0n) is 12.0. The molecule has 2 rings (SSSR count). The number of likely N-dealkylation sites (tertiary alicyclic amines) is 1. The zero-order valence-corrected chi connectivity index (χ0v) is 12.0. The summed E-state index contributed by atoms with van der Waals surface area (Å²) in [6, 6.07) is 5.62. The minimum Gasteiger partial charge on any atom is -0.507 e. The Labute approximate surface area is 115 Å². The molecule has 1 aromatic carbocycles. The topological polar surface area (TPSA) is 44.7 Å². The van der Waals surface area contributed by atoms with Crippen molar-refractivity contribution in [2.24, 2.45) is 5.92 Å². The Morgan fingerprint density at radius 3 is 2.89 bits per heavy atom. The number of methoxy groups -OCH3 is 1. The summed E-state index contributed by atoms with van der Waals surface area (Å²) in [4.78, 5) is 2.36. The van der Waals surface area contributed by atoms with Crippen molar-refractivity contribution in [1.29, 1.82) is 0 Å². The van der Waals surface area contributed by atoms with Crippen LogP contribution in [0, 0.1) is 5.92 Å². The Morgan fingerprint density at radius 1 is 1.53 bits per heavy atom. The summed E-state index contributed by atoms with van der Waals surface area (Å²) < 4.78 is 5.10. The largest absolute Gasteiger partial charge is 0.507 e. The second-order valence-electron chi connectivity index (χ2n) is 5.47. The number of aromatic hydroxyl groups is 1. The SMILES string of the molecule is COc1ccc(C(C)NCC2CCN(C)C2)c(O)c1. The molecule has 0 aliphatic carbocycles. The van der Waals surface area contributed by atoms with Crippen molar-refractivity contribution in [3.63, 3.8) is 0 Å². The number of hydrogen-bond donors (Lipinski definition) is 2. The Kier molecular flexibility index (Phi) is 4.66. The monoisotopic (exact) mass is 264 g/mol. The van der Waals surface area contributed by atoms with E-state index in [1.807, 2.05) is 12.1 Å². The Morgan fingerprint density at radius 2 is 2.32 bits per heavy atom. The van der Waals surface area contributed by atoms with E-state index in [-0.39, 0.29) is 6.04 Å². The van der Waals surface area contributed by atoms with Gasteiger partial charge in [-0.05, 0) is 45.5 Å². The Hall–Kier alpha value is -1.26. The quantitative estimate of drug-likeness (QED) is 0.854. The van der Waals surface area contributed by atoms with Crippen LogP contribution in [0.3, 0.4) is 0 Å². The predicted molar refractivity (Wildman–Crippen MR) is 76.7 cm³/mol. The molecule has 1 heterocycles. The zero-order chi connectivity index (χ0) is 13.8. The fourth-order valence-electron chi connectivity index (χ4n) is 2.66. The predicted octanol–water partition coefficient (Wildman–Crippen LogP) is 2.00. The van der Waals surface area contributed by atoms with Crippen LogP contribution < -0.4 is 10.1 Å². The second-order valence-corrected chi connectivity index (χ2v) is 5.47. The maximum atomic E-state index is 10.00. The van der Waals surface area contributed by atoms with Gasteiger partial charge in [-0.1, -0.05) is 6.07 Å². The highest BCUT2D eigenvalue weighted by Gasteiger charge is 2.20. The lowest BCUT2D eigenvalue weighted by atomic mass is 10.0. The van der Waals surface area contributed by atoms with Gasteiger partial charge < -0.3 is 20.1 Å². The maximum Gasteiger partial charge on any atom is 0.124 e. The molecule has 2 N–H and O–H groups in total. The summed E-state index contributed by atoms with van der Waals surface area (Å²) in [6.07, 6.45) is 1.25. The fraction of sp³-hybridized carbons (Fsp3) is 0.600.